The van der Waals surface area contributed by atoms with Gasteiger partial charge in [-0.2, -0.15) is 0 Å². The van der Waals surface area contributed by atoms with Crippen molar-refractivity contribution >= 4 is 29.4 Å². The van der Waals surface area contributed by atoms with Crippen LogP contribution >= 0.6 is 12.4 Å². The molecule has 1 heterocycles. The first-order valence-corrected chi connectivity index (χ1v) is 11.6. The van der Waals surface area contributed by atoms with Gasteiger partial charge in [0.25, 0.3) is 0 Å². The van der Waals surface area contributed by atoms with E-state index in [1.807, 2.05) is 60.1 Å². The van der Waals surface area contributed by atoms with Crippen LogP contribution in [0, 0.1) is 0 Å². The molecule has 7 nitrogen and oxygen atoms in total. The molecule has 0 radical (unpaired) electrons. The second-order valence-corrected chi connectivity index (χ2v) is 8.30. The van der Waals surface area contributed by atoms with E-state index < -0.39 is 5.97 Å². The summed E-state index contributed by atoms with van der Waals surface area (Å²) in [5, 5.41) is 9.14. The summed E-state index contributed by atoms with van der Waals surface area (Å²) in [6, 6.07) is 19.5. The van der Waals surface area contributed by atoms with Gasteiger partial charge in [-0.05, 0) is 47.7 Å². The Morgan fingerprint density at radius 3 is 2.42 bits per heavy atom. The van der Waals surface area contributed by atoms with Gasteiger partial charge in [0.2, 0.25) is 0 Å². The summed E-state index contributed by atoms with van der Waals surface area (Å²) in [5.41, 5.74) is 5.01. The predicted octanol–water partition coefficient (Wildman–Crippen LogP) is 5.74. The molecule has 0 unspecified atom stereocenters. The molecule has 3 aromatic carbocycles. The van der Waals surface area contributed by atoms with Crippen molar-refractivity contribution in [2.75, 3.05) is 7.11 Å². The maximum absolute atomic E-state index is 11.1. The summed E-state index contributed by atoms with van der Waals surface area (Å²) in [5.74, 6) is 1.97. The van der Waals surface area contributed by atoms with E-state index in [-0.39, 0.29) is 25.4 Å². The SMILES string of the molecule is CCc1ccccc1COc1cc(OCc2nc3ccc(OC)cc3n2C)ccc1CCC(=O)O.Cl. The standard InChI is InChI=1S/C28H30N2O5.ClH/c1-4-19-7-5-6-8-21(19)17-35-26-16-23(11-9-20(26)10-14-28(31)32)34-18-27-29-24-13-12-22(33-3)15-25(24)30(27)2;/h5-9,11-13,15-16H,4,10,14,17-18H2,1-3H3,(H,31,32);1H. The highest BCUT2D eigenvalue weighted by Crippen LogP contribution is 2.29. The van der Waals surface area contributed by atoms with Crippen molar-refractivity contribution in [1.29, 1.82) is 0 Å². The first-order chi connectivity index (χ1) is 17.0. The van der Waals surface area contributed by atoms with E-state index in [1.165, 1.54) is 5.56 Å². The Morgan fingerprint density at radius 1 is 0.944 bits per heavy atom. The molecule has 0 spiro atoms. The smallest absolute Gasteiger partial charge is 0.303 e. The number of rotatable bonds is 11. The lowest BCUT2D eigenvalue weighted by Gasteiger charge is -2.15. The highest BCUT2D eigenvalue weighted by Gasteiger charge is 2.13. The van der Waals surface area contributed by atoms with Crippen molar-refractivity contribution in [3.8, 4) is 17.2 Å². The van der Waals surface area contributed by atoms with Crippen LogP contribution in [0.2, 0.25) is 0 Å². The number of carbonyl (C=O) groups is 1. The van der Waals surface area contributed by atoms with Gasteiger partial charge in [-0.25, -0.2) is 4.98 Å². The van der Waals surface area contributed by atoms with Crippen LogP contribution in [0.3, 0.4) is 0 Å². The molecule has 4 aromatic rings. The molecular weight excluding hydrogens is 480 g/mol. The zero-order valence-electron chi connectivity index (χ0n) is 20.7. The van der Waals surface area contributed by atoms with E-state index in [0.717, 1.165) is 40.2 Å². The van der Waals surface area contributed by atoms with Gasteiger partial charge in [0, 0.05) is 25.6 Å². The first kappa shape index (κ1) is 26.9. The number of carboxylic acid groups (broad SMARTS) is 1. The topological polar surface area (TPSA) is 82.8 Å². The molecule has 0 atom stereocenters. The third-order valence-corrected chi connectivity index (χ3v) is 6.08. The second kappa shape index (κ2) is 12.3. The van der Waals surface area contributed by atoms with Crippen LogP contribution in [0.15, 0.2) is 60.7 Å². The molecule has 0 amide bonds. The van der Waals surface area contributed by atoms with Crippen molar-refractivity contribution in [2.45, 2.75) is 39.4 Å². The molecule has 0 aliphatic heterocycles. The number of methoxy groups -OCH3 is 1. The number of ether oxygens (including phenoxy) is 3. The summed E-state index contributed by atoms with van der Waals surface area (Å²) < 4.78 is 19.6. The van der Waals surface area contributed by atoms with Gasteiger partial charge in [0.15, 0.2) is 0 Å². The monoisotopic (exact) mass is 510 g/mol. The van der Waals surface area contributed by atoms with E-state index >= 15 is 0 Å². The van der Waals surface area contributed by atoms with E-state index in [4.69, 9.17) is 19.3 Å². The van der Waals surface area contributed by atoms with Crippen molar-refractivity contribution in [2.24, 2.45) is 7.05 Å². The first-order valence-electron chi connectivity index (χ1n) is 11.6. The fourth-order valence-corrected chi connectivity index (χ4v) is 4.03. The van der Waals surface area contributed by atoms with Crippen LogP contribution in [0.25, 0.3) is 11.0 Å². The summed E-state index contributed by atoms with van der Waals surface area (Å²) in [4.78, 5) is 15.8. The number of benzene rings is 3. The van der Waals surface area contributed by atoms with Gasteiger partial charge < -0.3 is 23.9 Å². The maximum Gasteiger partial charge on any atom is 0.303 e. The van der Waals surface area contributed by atoms with Crippen LogP contribution < -0.4 is 14.2 Å². The van der Waals surface area contributed by atoms with E-state index in [0.29, 0.717) is 24.5 Å². The minimum absolute atomic E-state index is 0. The molecule has 0 bridgehead atoms. The minimum Gasteiger partial charge on any atom is -0.497 e. The number of halogens is 1. The molecule has 1 N–H and O–H groups in total. The molecular formula is C28H31ClN2O5. The number of aliphatic carboxylic acids is 1. The van der Waals surface area contributed by atoms with Gasteiger partial charge in [0.1, 0.15) is 36.3 Å². The number of imidazole rings is 1. The number of aryl methyl sites for hydroxylation is 3. The van der Waals surface area contributed by atoms with E-state index in [2.05, 4.69) is 24.0 Å². The number of hydrogen-bond donors (Lipinski definition) is 1. The summed E-state index contributed by atoms with van der Waals surface area (Å²) in [7, 11) is 3.59. The number of fused-ring (bicyclic) bond motifs is 1. The minimum atomic E-state index is -0.842. The maximum atomic E-state index is 11.1. The third kappa shape index (κ3) is 6.29. The molecule has 190 valence electrons. The quantitative estimate of drug-likeness (QED) is 0.277. The molecule has 0 fully saturated rings. The fraction of sp³-hybridized carbons (Fsp3) is 0.286. The Kier molecular flexibility index (Phi) is 9.19. The Bertz CT molecular complexity index is 1340. The fourth-order valence-electron chi connectivity index (χ4n) is 4.03. The Hall–Kier alpha value is -3.71. The Morgan fingerprint density at radius 2 is 1.69 bits per heavy atom. The van der Waals surface area contributed by atoms with Crippen molar-refractivity contribution in [3.05, 3.63) is 83.2 Å². The van der Waals surface area contributed by atoms with E-state index in [1.54, 1.807) is 7.11 Å². The zero-order valence-corrected chi connectivity index (χ0v) is 21.5. The lowest BCUT2D eigenvalue weighted by Crippen LogP contribution is -2.06. The average molecular weight is 511 g/mol. The van der Waals surface area contributed by atoms with Gasteiger partial charge >= 0.3 is 5.97 Å². The van der Waals surface area contributed by atoms with Crippen molar-refractivity contribution < 1.29 is 24.1 Å². The average Bonchev–Trinajstić information content (AvgIpc) is 3.20. The lowest BCUT2D eigenvalue weighted by atomic mass is 10.1. The Balaban J connectivity index is 0.00000361. The predicted molar refractivity (Wildman–Crippen MR) is 141 cm³/mol. The van der Waals surface area contributed by atoms with Gasteiger partial charge in [-0.1, -0.05) is 37.3 Å². The normalized spacial score (nSPS) is 10.6. The van der Waals surface area contributed by atoms with E-state index in [9.17, 15) is 4.79 Å². The number of nitrogens with zero attached hydrogens (tertiary/aromatic N) is 2. The summed E-state index contributed by atoms with van der Waals surface area (Å²) in [6.07, 6.45) is 1.33. The number of hydrogen-bond acceptors (Lipinski definition) is 5. The van der Waals surface area contributed by atoms with Crippen LogP contribution in [0.4, 0.5) is 0 Å². The van der Waals surface area contributed by atoms with Crippen LogP contribution in [-0.2, 0) is 37.9 Å². The summed E-state index contributed by atoms with van der Waals surface area (Å²) in [6.45, 7) is 2.79. The van der Waals surface area contributed by atoms with Crippen molar-refractivity contribution in [3.63, 3.8) is 0 Å². The third-order valence-electron chi connectivity index (χ3n) is 6.08. The zero-order chi connectivity index (χ0) is 24.8. The molecule has 1 aromatic heterocycles. The molecule has 0 aliphatic rings. The molecule has 0 saturated carbocycles. The highest BCUT2D eigenvalue weighted by atomic mass is 35.5. The molecule has 0 saturated heterocycles. The largest absolute Gasteiger partial charge is 0.497 e. The Labute approximate surface area is 217 Å². The lowest BCUT2D eigenvalue weighted by molar-refractivity contribution is -0.136. The van der Waals surface area contributed by atoms with Gasteiger partial charge in [-0.15, -0.1) is 12.4 Å². The molecule has 0 aliphatic carbocycles. The van der Waals surface area contributed by atoms with Crippen LogP contribution in [-0.4, -0.2) is 27.7 Å². The van der Waals surface area contributed by atoms with Gasteiger partial charge in [-0.3, -0.25) is 4.79 Å². The molecule has 8 heteroatoms. The number of aromatic nitrogens is 2. The molecule has 36 heavy (non-hydrogen) atoms. The molecule has 4 rings (SSSR count). The van der Waals surface area contributed by atoms with Gasteiger partial charge in [0.05, 0.1) is 18.1 Å². The van der Waals surface area contributed by atoms with Crippen LogP contribution in [0.1, 0.15) is 35.9 Å². The van der Waals surface area contributed by atoms with Crippen molar-refractivity contribution in [1.82, 2.24) is 9.55 Å². The second-order valence-electron chi connectivity index (χ2n) is 8.30. The van der Waals surface area contributed by atoms with Crippen LogP contribution in [0.5, 0.6) is 17.2 Å². The summed E-state index contributed by atoms with van der Waals surface area (Å²) >= 11 is 0. The number of carboxylic acids is 1. The highest BCUT2D eigenvalue weighted by molar-refractivity contribution is 5.85.